The zero-order valence-corrected chi connectivity index (χ0v) is 13.3. The van der Waals surface area contributed by atoms with Crippen molar-refractivity contribution in [2.45, 2.75) is 32.7 Å². The van der Waals surface area contributed by atoms with Crippen LogP contribution >= 0.6 is 0 Å². The van der Waals surface area contributed by atoms with Gasteiger partial charge in [-0.3, -0.25) is 10.1 Å². The van der Waals surface area contributed by atoms with Crippen LogP contribution in [0.4, 0.5) is 5.69 Å². The standard InChI is InChI=1S/C17H19N3O3/c1-3-10-19-11-9-18-17(19)14-6-4-5-13-12(14)7-8-15(23-2)16(13)20(21)22/h6-9,11H,3-5,10H2,1-2H3. The molecule has 0 amide bonds. The van der Waals surface area contributed by atoms with Crippen molar-refractivity contribution in [1.29, 1.82) is 0 Å². The van der Waals surface area contributed by atoms with E-state index in [4.69, 9.17) is 4.74 Å². The fraction of sp³-hybridized carbons (Fsp3) is 0.353. The van der Waals surface area contributed by atoms with Crippen molar-refractivity contribution in [2.75, 3.05) is 7.11 Å². The molecule has 6 nitrogen and oxygen atoms in total. The van der Waals surface area contributed by atoms with Crippen LogP contribution < -0.4 is 4.74 Å². The van der Waals surface area contributed by atoms with E-state index in [2.05, 4.69) is 22.6 Å². The average molecular weight is 313 g/mol. The van der Waals surface area contributed by atoms with Gasteiger partial charge in [-0.1, -0.05) is 13.0 Å². The Morgan fingerprint density at radius 2 is 2.26 bits per heavy atom. The monoisotopic (exact) mass is 313 g/mol. The molecule has 0 N–H and O–H groups in total. The molecule has 1 aliphatic carbocycles. The number of methoxy groups -OCH3 is 1. The summed E-state index contributed by atoms with van der Waals surface area (Å²) in [6.45, 7) is 2.99. The highest BCUT2D eigenvalue weighted by Gasteiger charge is 2.28. The van der Waals surface area contributed by atoms with Crippen molar-refractivity contribution >= 4 is 11.3 Å². The van der Waals surface area contributed by atoms with Crippen LogP contribution in [-0.4, -0.2) is 21.6 Å². The van der Waals surface area contributed by atoms with E-state index in [0.717, 1.165) is 41.9 Å². The van der Waals surface area contributed by atoms with Gasteiger partial charge >= 0.3 is 5.69 Å². The van der Waals surface area contributed by atoms with Crippen LogP contribution in [-0.2, 0) is 13.0 Å². The summed E-state index contributed by atoms with van der Waals surface area (Å²) >= 11 is 0. The molecule has 0 saturated heterocycles. The van der Waals surface area contributed by atoms with Gasteiger partial charge in [-0.2, -0.15) is 0 Å². The van der Waals surface area contributed by atoms with E-state index in [1.54, 1.807) is 12.3 Å². The first kappa shape index (κ1) is 15.3. The van der Waals surface area contributed by atoms with Crippen LogP contribution in [0.1, 0.15) is 36.7 Å². The van der Waals surface area contributed by atoms with Gasteiger partial charge in [0, 0.05) is 30.1 Å². The van der Waals surface area contributed by atoms with Crippen LogP contribution in [0.25, 0.3) is 5.57 Å². The Balaban J connectivity index is 2.15. The van der Waals surface area contributed by atoms with Gasteiger partial charge < -0.3 is 9.30 Å². The number of benzene rings is 1. The molecule has 0 aliphatic heterocycles. The molecule has 1 aliphatic rings. The first-order chi connectivity index (χ1) is 11.2. The van der Waals surface area contributed by atoms with E-state index in [9.17, 15) is 10.1 Å². The molecule has 0 saturated carbocycles. The third kappa shape index (κ3) is 2.60. The highest BCUT2D eigenvalue weighted by molar-refractivity contribution is 5.82. The zero-order valence-electron chi connectivity index (χ0n) is 13.3. The number of rotatable bonds is 5. The lowest BCUT2D eigenvalue weighted by atomic mass is 9.88. The normalized spacial score (nSPS) is 13.4. The maximum absolute atomic E-state index is 11.5. The van der Waals surface area contributed by atoms with Crippen LogP contribution in [0.5, 0.6) is 5.75 Å². The van der Waals surface area contributed by atoms with Crippen molar-refractivity contribution in [2.24, 2.45) is 0 Å². The fourth-order valence-corrected chi connectivity index (χ4v) is 3.14. The van der Waals surface area contributed by atoms with Gasteiger partial charge in [-0.05, 0) is 37.0 Å². The Hall–Kier alpha value is -2.63. The number of allylic oxidation sites excluding steroid dienone is 1. The molecule has 0 bridgehead atoms. The predicted octanol–water partition coefficient (Wildman–Crippen LogP) is 3.59. The number of imidazole rings is 1. The molecule has 0 fully saturated rings. The minimum Gasteiger partial charge on any atom is -0.490 e. The van der Waals surface area contributed by atoms with Gasteiger partial charge in [0.2, 0.25) is 0 Å². The predicted molar refractivity (Wildman–Crippen MR) is 87.6 cm³/mol. The largest absolute Gasteiger partial charge is 0.490 e. The van der Waals surface area contributed by atoms with Gasteiger partial charge in [0.15, 0.2) is 5.75 Å². The Morgan fingerprint density at radius 3 is 2.96 bits per heavy atom. The summed E-state index contributed by atoms with van der Waals surface area (Å²) in [5, 5.41) is 11.5. The molecule has 1 heterocycles. The molecule has 2 aromatic rings. The number of aromatic nitrogens is 2. The maximum atomic E-state index is 11.5. The molecule has 6 heteroatoms. The number of nitrogens with zero attached hydrogens (tertiary/aromatic N) is 3. The van der Waals surface area contributed by atoms with Crippen molar-refractivity contribution in [1.82, 2.24) is 9.55 Å². The highest BCUT2D eigenvalue weighted by atomic mass is 16.6. The van der Waals surface area contributed by atoms with Crippen LogP contribution in [0, 0.1) is 10.1 Å². The van der Waals surface area contributed by atoms with Crippen LogP contribution in [0.2, 0.25) is 0 Å². The summed E-state index contributed by atoms with van der Waals surface area (Å²) in [6.07, 6.45) is 8.25. The van der Waals surface area contributed by atoms with E-state index in [-0.39, 0.29) is 10.6 Å². The molecule has 0 atom stereocenters. The van der Waals surface area contributed by atoms with E-state index in [0.29, 0.717) is 12.2 Å². The summed E-state index contributed by atoms with van der Waals surface area (Å²) in [4.78, 5) is 15.6. The summed E-state index contributed by atoms with van der Waals surface area (Å²) in [5.74, 6) is 1.18. The fourth-order valence-electron chi connectivity index (χ4n) is 3.14. The topological polar surface area (TPSA) is 70.2 Å². The second kappa shape index (κ2) is 6.24. The van der Waals surface area contributed by atoms with Crippen molar-refractivity contribution in [3.8, 4) is 5.75 Å². The number of ether oxygens (including phenoxy) is 1. The highest BCUT2D eigenvalue weighted by Crippen LogP contribution is 2.40. The quantitative estimate of drug-likeness (QED) is 0.625. The Morgan fingerprint density at radius 1 is 1.43 bits per heavy atom. The summed E-state index contributed by atoms with van der Waals surface area (Å²) < 4.78 is 7.27. The van der Waals surface area contributed by atoms with E-state index in [1.165, 1.54) is 7.11 Å². The van der Waals surface area contributed by atoms with Gasteiger partial charge in [0.25, 0.3) is 0 Å². The number of aryl methyl sites for hydroxylation is 1. The molecule has 23 heavy (non-hydrogen) atoms. The summed E-state index contributed by atoms with van der Waals surface area (Å²) in [5.41, 5.74) is 2.66. The number of nitro groups is 1. The van der Waals surface area contributed by atoms with Gasteiger partial charge in [-0.25, -0.2) is 4.98 Å². The Labute approximate surface area is 134 Å². The average Bonchev–Trinajstić information content (AvgIpc) is 3.01. The first-order valence-electron chi connectivity index (χ1n) is 7.73. The summed E-state index contributed by atoms with van der Waals surface area (Å²) in [7, 11) is 1.46. The lowest BCUT2D eigenvalue weighted by Crippen LogP contribution is -2.10. The van der Waals surface area contributed by atoms with Crippen LogP contribution in [0.3, 0.4) is 0 Å². The number of hydrogen-bond donors (Lipinski definition) is 0. The second-order valence-corrected chi connectivity index (χ2v) is 5.50. The molecule has 1 aromatic carbocycles. The number of fused-ring (bicyclic) bond motifs is 1. The van der Waals surface area contributed by atoms with Crippen molar-refractivity contribution < 1.29 is 9.66 Å². The van der Waals surface area contributed by atoms with E-state index < -0.39 is 0 Å². The third-order valence-electron chi connectivity index (χ3n) is 4.10. The maximum Gasteiger partial charge on any atom is 0.314 e. The van der Waals surface area contributed by atoms with Crippen molar-refractivity contribution in [3.05, 3.63) is 57.7 Å². The minimum atomic E-state index is -0.348. The summed E-state index contributed by atoms with van der Waals surface area (Å²) in [6, 6.07) is 3.57. The molecule has 1 aromatic heterocycles. The first-order valence-corrected chi connectivity index (χ1v) is 7.73. The van der Waals surface area contributed by atoms with E-state index in [1.807, 2.05) is 12.3 Å². The molecule has 0 unspecified atom stereocenters. The molecular weight excluding hydrogens is 294 g/mol. The molecule has 0 radical (unpaired) electrons. The number of nitro benzene ring substituents is 1. The van der Waals surface area contributed by atoms with Gasteiger partial charge in [0.1, 0.15) is 5.82 Å². The molecule has 0 spiro atoms. The number of hydrogen-bond acceptors (Lipinski definition) is 4. The Bertz CT molecular complexity index is 777. The van der Waals surface area contributed by atoms with Gasteiger partial charge in [0.05, 0.1) is 12.0 Å². The van der Waals surface area contributed by atoms with Crippen LogP contribution in [0.15, 0.2) is 30.6 Å². The van der Waals surface area contributed by atoms with E-state index >= 15 is 0 Å². The lowest BCUT2D eigenvalue weighted by molar-refractivity contribution is -0.386. The smallest absolute Gasteiger partial charge is 0.314 e. The Kier molecular flexibility index (Phi) is 4.14. The SMILES string of the molecule is CCCn1ccnc1C1=CCCc2c1ccc(OC)c2[N+](=O)[O-]. The molecule has 3 rings (SSSR count). The minimum absolute atomic E-state index is 0.0733. The zero-order chi connectivity index (χ0) is 16.4. The third-order valence-corrected chi connectivity index (χ3v) is 4.10. The molecular formula is C17H19N3O3. The second-order valence-electron chi connectivity index (χ2n) is 5.50. The lowest BCUT2D eigenvalue weighted by Gasteiger charge is -2.19. The van der Waals surface area contributed by atoms with Gasteiger partial charge in [-0.15, -0.1) is 0 Å². The van der Waals surface area contributed by atoms with Crippen molar-refractivity contribution in [3.63, 3.8) is 0 Å². The molecule has 120 valence electrons.